The summed E-state index contributed by atoms with van der Waals surface area (Å²) in [6.45, 7) is 1.95. The van der Waals surface area contributed by atoms with Crippen LogP contribution in [0.2, 0.25) is 0 Å². The minimum atomic E-state index is -4.65. The summed E-state index contributed by atoms with van der Waals surface area (Å²) in [6, 6.07) is 3.42. The maximum absolute atomic E-state index is 13.1. The summed E-state index contributed by atoms with van der Waals surface area (Å²) in [6.07, 6.45) is -1.90. The van der Waals surface area contributed by atoms with E-state index in [-0.39, 0.29) is 11.4 Å². The zero-order chi connectivity index (χ0) is 16.2. The lowest BCUT2D eigenvalue weighted by molar-refractivity contribution is -0.156. The molecule has 8 heteroatoms. The van der Waals surface area contributed by atoms with Gasteiger partial charge in [-0.15, -0.1) is 0 Å². The number of hydrogen-bond acceptors (Lipinski definition) is 3. The number of nitrogens with zero attached hydrogens (tertiary/aromatic N) is 2. The normalized spacial score (nSPS) is 12.9. The van der Waals surface area contributed by atoms with Crippen LogP contribution in [0.1, 0.15) is 41.3 Å². The number of hydrogen-bond donors (Lipinski definition) is 2. The van der Waals surface area contributed by atoms with Gasteiger partial charge in [0.25, 0.3) is 5.91 Å². The van der Waals surface area contributed by atoms with Crippen molar-refractivity contribution in [2.24, 2.45) is 0 Å². The number of amides is 1. The molecule has 2 aromatic heterocycles. The van der Waals surface area contributed by atoms with Crippen LogP contribution < -0.4 is 5.32 Å². The van der Waals surface area contributed by atoms with Crippen LogP contribution in [0.3, 0.4) is 0 Å². The zero-order valence-electron chi connectivity index (χ0n) is 11.8. The van der Waals surface area contributed by atoms with Crippen molar-refractivity contribution in [1.29, 1.82) is 0 Å². The number of carbonyl (C=O) groups excluding carboxylic acids is 1. The van der Waals surface area contributed by atoms with E-state index < -0.39 is 18.1 Å². The number of halogens is 3. The second kappa shape index (κ2) is 6.59. The van der Waals surface area contributed by atoms with E-state index in [4.69, 9.17) is 0 Å². The molecule has 0 saturated heterocycles. The van der Waals surface area contributed by atoms with Gasteiger partial charge < -0.3 is 5.32 Å². The second-order valence-corrected chi connectivity index (χ2v) is 4.73. The summed E-state index contributed by atoms with van der Waals surface area (Å²) in [7, 11) is 0. The predicted octanol–water partition coefficient (Wildman–Crippen LogP) is 2.79. The topological polar surface area (TPSA) is 70.7 Å². The standard InChI is InChI=1S/C14H15F3N4O/c1-2-5-9-8-11(21-20-9)13(22)19-12(14(15,16)17)10-6-3-4-7-18-10/h3-4,6-8,12H,2,5H2,1H3,(H,19,22)(H,20,21)/t12-/m1/s1. The number of H-pyrrole nitrogens is 1. The quantitative estimate of drug-likeness (QED) is 0.892. The summed E-state index contributed by atoms with van der Waals surface area (Å²) < 4.78 is 39.4. The van der Waals surface area contributed by atoms with Crippen LogP contribution >= 0.6 is 0 Å². The molecule has 0 bridgehead atoms. The number of pyridine rings is 1. The van der Waals surface area contributed by atoms with Gasteiger partial charge in [0, 0.05) is 11.9 Å². The average Bonchev–Trinajstić information content (AvgIpc) is 2.93. The van der Waals surface area contributed by atoms with E-state index in [0.29, 0.717) is 12.1 Å². The largest absolute Gasteiger partial charge is 0.414 e. The van der Waals surface area contributed by atoms with E-state index in [9.17, 15) is 18.0 Å². The van der Waals surface area contributed by atoms with Crippen LogP contribution in [0.5, 0.6) is 0 Å². The molecule has 0 spiro atoms. The van der Waals surface area contributed by atoms with Crippen LogP contribution in [0.25, 0.3) is 0 Å². The van der Waals surface area contributed by atoms with E-state index in [1.54, 1.807) is 0 Å². The molecular weight excluding hydrogens is 297 g/mol. The van der Waals surface area contributed by atoms with Crippen molar-refractivity contribution in [2.45, 2.75) is 32.0 Å². The first-order chi connectivity index (χ1) is 10.4. The van der Waals surface area contributed by atoms with Gasteiger partial charge in [-0.2, -0.15) is 18.3 Å². The molecule has 0 aliphatic carbocycles. The van der Waals surface area contributed by atoms with Crippen molar-refractivity contribution < 1.29 is 18.0 Å². The van der Waals surface area contributed by atoms with Crippen LogP contribution in [-0.4, -0.2) is 27.3 Å². The minimum Gasteiger partial charge on any atom is -0.334 e. The van der Waals surface area contributed by atoms with Gasteiger partial charge in [-0.05, 0) is 24.6 Å². The van der Waals surface area contributed by atoms with Crippen LogP contribution in [0.4, 0.5) is 13.2 Å². The van der Waals surface area contributed by atoms with Gasteiger partial charge >= 0.3 is 6.18 Å². The number of alkyl halides is 3. The Labute approximate surface area is 125 Å². The molecule has 1 atom stereocenters. The highest BCUT2D eigenvalue weighted by Gasteiger charge is 2.43. The molecule has 118 valence electrons. The number of aryl methyl sites for hydroxylation is 1. The van der Waals surface area contributed by atoms with Crippen molar-refractivity contribution in [1.82, 2.24) is 20.5 Å². The van der Waals surface area contributed by atoms with E-state index >= 15 is 0 Å². The lowest BCUT2D eigenvalue weighted by atomic mass is 10.1. The molecule has 2 heterocycles. The van der Waals surface area contributed by atoms with E-state index in [1.807, 2.05) is 12.2 Å². The smallest absolute Gasteiger partial charge is 0.334 e. The average molecular weight is 312 g/mol. The Morgan fingerprint density at radius 3 is 2.77 bits per heavy atom. The third-order valence-electron chi connectivity index (χ3n) is 2.97. The Balaban J connectivity index is 2.18. The molecular formula is C14H15F3N4O. The fourth-order valence-corrected chi connectivity index (χ4v) is 1.95. The van der Waals surface area contributed by atoms with E-state index in [2.05, 4.69) is 15.2 Å². The third-order valence-corrected chi connectivity index (χ3v) is 2.97. The Morgan fingerprint density at radius 1 is 1.41 bits per heavy atom. The Hall–Kier alpha value is -2.38. The molecule has 1 amide bonds. The highest BCUT2D eigenvalue weighted by atomic mass is 19.4. The van der Waals surface area contributed by atoms with Crippen molar-refractivity contribution in [3.8, 4) is 0 Å². The lowest BCUT2D eigenvalue weighted by Gasteiger charge is -2.20. The number of carbonyl (C=O) groups is 1. The van der Waals surface area contributed by atoms with Gasteiger partial charge in [-0.1, -0.05) is 19.4 Å². The molecule has 0 fully saturated rings. The maximum atomic E-state index is 13.1. The van der Waals surface area contributed by atoms with Gasteiger partial charge in [-0.3, -0.25) is 14.9 Å². The SMILES string of the molecule is CCCc1cc(C(=O)N[C@H](c2ccccn2)C(F)(F)F)n[nH]1. The number of aromatic nitrogens is 3. The maximum Gasteiger partial charge on any atom is 0.414 e. The molecule has 2 rings (SSSR count). The molecule has 2 aromatic rings. The summed E-state index contributed by atoms with van der Waals surface area (Å²) >= 11 is 0. The summed E-state index contributed by atoms with van der Waals surface area (Å²) in [5, 5.41) is 8.31. The highest BCUT2D eigenvalue weighted by Crippen LogP contribution is 2.31. The molecule has 22 heavy (non-hydrogen) atoms. The fraction of sp³-hybridized carbons (Fsp3) is 0.357. The molecule has 0 aliphatic rings. The molecule has 5 nitrogen and oxygen atoms in total. The van der Waals surface area contributed by atoms with Gasteiger partial charge in [0.05, 0.1) is 5.69 Å². The summed E-state index contributed by atoms with van der Waals surface area (Å²) in [5.74, 6) is -0.897. The first kappa shape index (κ1) is 16.0. The van der Waals surface area contributed by atoms with E-state index in [1.165, 1.54) is 30.5 Å². The lowest BCUT2D eigenvalue weighted by Crippen LogP contribution is -2.38. The first-order valence-electron chi connectivity index (χ1n) is 6.74. The van der Waals surface area contributed by atoms with Gasteiger partial charge in [0.2, 0.25) is 0 Å². The molecule has 2 N–H and O–H groups in total. The number of nitrogens with one attached hydrogen (secondary N) is 2. The summed E-state index contributed by atoms with van der Waals surface area (Å²) in [4.78, 5) is 15.6. The van der Waals surface area contributed by atoms with Crippen molar-refractivity contribution >= 4 is 5.91 Å². The molecule has 0 radical (unpaired) electrons. The van der Waals surface area contributed by atoms with E-state index in [0.717, 1.165) is 6.42 Å². The molecule has 0 saturated carbocycles. The Morgan fingerprint density at radius 2 is 2.18 bits per heavy atom. The van der Waals surface area contributed by atoms with Gasteiger partial charge in [0.1, 0.15) is 5.69 Å². The van der Waals surface area contributed by atoms with Gasteiger partial charge in [0.15, 0.2) is 6.04 Å². The fourth-order valence-electron chi connectivity index (χ4n) is 1.95. The van der Waals surface area contributed by atoms with Gasteiger partial charge in [-0.25, -0.2) is 0 Å². The predicted molar refractivity (Wildman–Crippen MR) is 73.1 cm³/mol. The highest BCUT2D eigenvalue weighted by molar-refractivity contribution is 5.92. The Kier molecular flexibility index (Phi) is 4.79. The van der Waals surface area contributed by atoms with Crippen LogP contribution in [0, 0.1) is 0 Å². The molecule has 0 aromatic carbocycles. The zero-order valence-corrected chi connectivity index (χ0v) is 11.8. The molecule has 0 aliphatic heterocycles. The number of aromatic amines is 1. The first-order valence-corrected chi connectivity index (χ1v) is 6.74. The second-order valence-electron chi connectivity index (χ2n) is 4.73. The van der Waals surface area contributed by atoms with Crippen molar-refractivity contribution in [2.75, 3.05) is 0 Å². The summed E-state index contributed by atoms with van der Waals surface area (Å²) in [5.41, 5.74) is 0.357. The minimum absolute atomic E-state index is 0.0753. The monoisotopic (exact) mass is 312 g/mol. The number of rotatable bonds is 5. The van der Waals surface area contributed by atoms with Crippen LogP contribution in [-0.2, 0) is 6.42 Å². The van der Waals surface area contributed by atoms with Crippen LogP contribution in [0.15, 0.2) is 30.5 Å². The molecule has 0 unspecified atom stereocenters. The van der Waals surface area contributed by atoms with Crippen molar-refractivity contribution in [3.05, 3.63) is 47.5 Å². The van der Waals surface area contributed by atoms with Crippen molar-refractivity contribution in [3.63, 3.8) is 0 Å². The third kappa shape index (κ3) is 3.84. The Bertz CT molecular complexity index is 625.